The van der Waals surface area contributed by atoms with Crippen molar-refractivity contribution in [1.29, 1.82) is 0 Å². The van der Waals surface area contributed by atoms with Gasteiger partial charge in [-0.3, -0.25) is 4.68 Å². The summed E-state index contributed by atoms with van der Waals surface area (Å²) in [5.74, 6) is 0. The maximum atomic E-state index is 14.6. The Hall–Kier alpha value is -1.42. The fraction of sp³-hybridized carbons (Fsp3) is 0.500. The number of para-hydroxylation sites is 1. The second-order valence-corrected chi connectivity index (χ2v) is 4.87. The Labute approximate surface area is 107 Å². The molecular formula is C14H20FN3. The summed E-state index contributed by atoms with van der Waals surface area (Å²) in [5.41, 5.74) is 6.07. The summed E-state index contributed by atoms with van der Waals surface area (Å²) in [7, 11) is 1.88. The molecule has 0 aliphatic heterocycles. The van der Waals surface area contributed by atoms with Crippen LogP contribution in [0.4, 0.5) is 4.39 Å². The van der Waals surface area contributed by atoms with Gasteiger partial charge in [-0.2, -0.15) is 5.10 Å². The minimum absolute atomic E-state index is 0.0474. The molecule has 98 valence electrons. The number of alkyl halides is 1. The van der Waals surface area contributed by atoms with E-state index in [1.807, 2.05) is 38.2 Å². The smallest absolute Gasteiger partial charge is 0.128 e. The highest BCUT2D eigenvalue weighted by Gasteiger charge is 2.29. The van der Waals surface area contributed by atoms with E-state index in [4.69, 9.17) is 5.73 Å². The topological polar surface area (TPSA) is 43.8 Å². The quantitative estimate of drug-likeness (QED) is 0.885. The molecule has 0 fully saturated rings. The number of nitrogens with two attached hydrogens (primary N) is 1. The van der Waals surface area contributed by atoms with Gasteiger partial charge in [0.1, 0.15) is 5.67 Å². The fourth-order valence-electron chi connectivity index (χ4n) is 2.43. The van der Waals surface area contributed by atoms with Gasteiger partial charge in [0.2, 0.25) is 0 Å². The third kappa shape index (κ3) is 2.38. The van der Waals surface area contributed by atoms with Crippen LogP contribution >= 0.6 is 0 Å². The highest BCUT2D eigenvalue weighted by atomic mass is 19.1. The van der Waals surface area contributed by atoms with Gasteiger partial charge >= 0.3 is 0 Å². The number of aromatic nitrogens is 2. The Morgan fingerprint density at radius 1 is 1.39 bits per heavy atom. The van der Waals surface area contributed by atoms with E-state index in [9.17, 15) is 4.39 Å². The van der Waals surface area contributed by atoms with E-state index >= 15 is 0 Å². The Morgan fingerprint density at radius 3 is 2.78 bits per heavy atom. The molecule has 0 saturated heterocycles. The van der Waals surface area contributed by atoms with Crippen molar-refractivity contribution in [3.05, 3.63) is 30.0 Å². The van der Waals surface area contributed by atoms with Gasteiger partial charge in [-0.25, -0.2) is 4.39 Å². The number of fused-ring (bicyclic) bond motifs is 1. The van der Waals surface area contributed by atoms with Crippen molar-refractivity contribution in [2.75, 3.05) is 6.54 Å². The molecule has 2 N–H and O–H groups in total. The lowest BCUT2D eigenvalue weighted by Gasteiger charge is -2.22. The molecule has 1 atom stereocenters. The lowest BCUT2D eigenvalue weighted by Crippen LogP contribution is -2.35. The fourth-order valence-corrected chi connectivity index (χ4v) is 2.43. The Kier molecular flexibility index (Phi) is 3.66. The van der Waals surface area contributed by atoms with Gasteiger partial charge in [-0.1, -0.05) is 31.5 Å². The first-order chi connectivity index (χ1) is 8.59. The predicted octanol–water partition coefficient (Wildman–Crippen LogP) is 2.58. The standard InChI is InChI=1S/C14H20FN3/c1-3-8-14(15,10-16)9-12-11-6-4-5-7-13(11)18(2)17-12/h4-7H,3,8-10,16H2,1-2H3. The second kappa shape index (κ2) is 5.06. The van der Waals surface area contributed by atoms with Crippen molar-refractivity contribution >= 4 is 10.9 Å². The van der Waals surface area contributed by atoms with Crippen molar-refractivity contribution in [2.24, 2.45) is 12.8 Å². The maximum absolute atomic E-state index is 14.6. The average molecular weight is 249 g/mol. The number of hydrogen-bond acceptors (Lipinski definition) is 2. The molecule has 1 unspecified atom stereocenters. The summed E-state index contributed by atoms with van der Waals surface area (Å²) in [6.45, 7) is 2.02. The second-order valence-electron chi connectivity index (χ2n) is 4.87. The minimum Gasteiger partial charge on any atom is -0.328 e. The van der Waals surface area contributed by atoms with Crippen LogP contribution in [-0.2, 0) is 13.5 Å². The Morgan fingerprint density at radius 2 is 2.11 bits per heavy atom. The maximum Gasteiger partial charge on any atom is 0.128 e. The molecule has 0 amide bonds. The molecule has 0 saturated carbocycles. The van der Waals surface area contributed by atoms with Crippen LogP contribution in [0.25, 0.3) is 10.9 Å². The zero-order chi connectivity index (χ0) is 13.2. The van der Waals surface area contributed by atoms with E-state index in [1.54, 1.807) is 4.68 Å². The van der Waals surface area contributed by atoms with Crippen molar-refractivity contribution in [2.45, 2.75) is 31.9 Å². The van der Waals surface area contributed by atoms with E-state index in [2.05, 4.69) is 5.10 Å². The minimum atomic E-state index is -1.34. The summed E-state index contributed by atoms with van der Waals surface area (Å²) >= 11 is 0. The average Bonchev–Trinajstić information content (AvgIpc) is 2.67. The molecule has 1 aromatic carbocycles. The van der Waals surface area contributed by atoms with E-state index < -0.39 is 5.67 Å². The zero-order valence-corrected chi connectivity index (χ0v) is 11.0. The van der Waals surface area contributed by atoms with Crippen LogP contribution in [0.2, 0.25) is 0 Å². The molecule has 18 heavy (non-hydrogen) atoms. The van der Waals surface area contributed by atoms with Gasteiger partial charge in [-0.15, -0.1) is 0 Å². The number of benzene rings is 1. The molecule has 2 aromatic rings. The monoisotopic (exact) mass is 249 g/mol. The number of aryl methyl sites for hydroxylation is 1. The Balaban J connectivity index is 2.37. The van der Waals surface area contributed by atoms with Crippen LogP contribution < -0.4 is 5.73 Å². The van der Waals surface area contributed by atoms with Gasteiger partial charge in [0, 0.05) is 25.4 Å². The van der Waals surface area contributed by atoms with Crippen LogP contribution in [0.3, 0.4) is 0 Å². The third-order valence-electron chi connectivity index (χ3n) is 3.38. The van der Waals surface area contributed by atoms with Gasteiger partial charge in [-0.05, 0) is 12.5 Å². The first-order valence-electron chi connectivity index (χ1n) is 6.39. The summed E-state index contributed by atoms with van der Waals surface area (Å²) in [6, 6.07) is 7.90. The van der Waals surface area contributed by atoms with E-state index in [1.165, 1.54) is 0 Å². The number of hydrogen-bond donors (Lipinski definition) is 1. The number of nitrogens with zero attached hydrogens (tertiary/aromatic N) is 2. The van der Waals surface area contributed by atoms with Crippen molar-refractivity contribution < 1.29 is 4.39 Å². The predicted molar refractivity (Wildman–Crippen MR) is 72.2 cm³/mol. The molecular weight excluding hydrogens is 229 g/mol. The third-order valence-corrected chi connectivity index (χ3v) is 3.38. The van der Waals surface area contributed by atoms with Gasteiger partial charge < -0.3 is 5.73 Å². The first-order valence-corrected chi connectivity index (χ1v) is 6.39. The largest absolute Gasteiger partial charge is 0.328 e. The summed E-state index contributed by atoms with van der Waals surface area (Å²) in [4.78, 5) is 0. The molecule has 1 aromatic heterocycles. The van der Waals surface area contributed by atoms with Crippen molar-refractivity contribution in [1.82, 2.24) is 9.78 Å². The molecule has 0 aliphatic rings. The first kappa shape index (κ1) is 13.0. The molecule has 4 heteroatoms. The van der Waals surface area contributed by atoms with Gasteiger partial charge in [0.25, 0.3) is 0 Å². The van der Waals surface area contributed by atoms with Crippen LogP contribution in [-0.4, -0.2) is 22.0 Å². The van der Waals surface area contributed by atoms with E-state index in [0.717, 1.165) is 23.0 Å². The van der Waals surface area contributed by atoms with Gasteiger partial charge in [0.15, 0.2) is 0 Å². The van der Waals surface area contributed by atoms with E-state index in [0.29, 0.717) is 12.8 Å². The van der Waals surface area contributed by atoms with Crippen LogP contribution in [0, 0.1) is 0 Å². The molecule has 2 rings (SSSR count). The lowest BCUT2D eigenvalue weighted by atomic mass is 9.93. The molecule has 0 aliphatic carbocycles. The zero-order valence-electron chi connectivity index (χ0n) is 11.0. The molecule has 3 nitrogen and oxygen atoms in total. The Bertz CT molecular complexity index is 535. The van der Waals surface area contributed by atoms with Crippen LogP contribution in [0.5, 0.6) is 0 Å². The normalized spacial score (nSPS) is 14.9. The highest BCUT2D eigenvalue weighted by Crippen LogP contribution is 2.26. The lowest BCUT2D eigenvalue weighted by molar-refractivity contribution is 0.157. The number of halogens is 1. The van der Waals surface area contributed by atoms with Crippen LogP contribution in [0.15, 0.2) is 24.3 Å². The van der Waals surface area contributed by atoms with E-state index in [-0.39, 0.29) is 6.54 Å². The molecule has 1 heterocycles. The summed E-state index contributed by atoms with van der Waals surface area (Å²) in [6.07, 6.45) is 1.56. The molecule has 0 radical (unpaired) electrons. The van der Waals surface area contributed by atoms with Gasteiger partial charge in [0.05, 0.1) is 11.2 Å². The summed E-state index contributed by atoms with van der Waals surface area (Å²) < 4.78 is 16.4. The molecule has 0 spiro atoms. The highest BCUT2D eigenvalue weighted by molar-refractivity contribution is 5.81. The summed E-state index contributed by atoms with van der Waals surface area (Å²) in [5, 5.41) is 5.45. The van der Waals surface area contributed by atoms with Crippen molar-refractivity contribution in [3.8, 4) is 0 Å². The van der Waals surface area contributed by atoms with Crippen molar-refractivity contribution in [3.63, 3.8) is 0 Å². The molecule has 0 bridgehead atoms. The SMILES string of the molecule is CCCC(F)(CN)Cc1nn(C)c2ccccc12. The number of rotatable bonds is 5. The van der Waals surface area contributed by atoms with Crippen LogP contribution in [0.1, 0.15) is 25.5 Å².